The molecule has 2 fully saturated rings. The van der Waals surface area contributed by atoms with Gasteiger partial charge in [-0.3, -0.25) is 0 Å². The first-order chi connectivity index (χ1) is 11.8. The zero-order valence-corrected chi connectivity index (χ0v) is 13.5. The van der Waals surface area contributed by atoms with Gasteiger partial charge in [-0.15, -0.1) is 0 Å². The molecule has 1 saturated carbocycles. The average Bonchev–Trinajstić information content (AvgIpc) is 3.27. The van der Waals surface area contributed by atoms with E-state index in [0.717, 1.165) is 43.7 Å². The fourth-order valence-electron chi connectivity index (χ4n) is 3.81. The summed E-state index contributed by atoms with van der Waals surface area (Å²) in [6.45, 7) is 0.823. The highest BCUT2D eigenvalue weighted by Crippen LogP contribution is 2.34. The summed E-state index contributed by atoms with van der Waals surface area (Å²) in [7, 11) is 0. The summed E-state index contributed by atoms with van der Waals surface area (Å²) in [6.07, 6.45) is 8.29. The quantitative estimate of drug-likeness (QED) is 0.911. The second-order valence-corrected chi connectivity index (χ2v) is 6.50. The first kappa shape index (κ1) is 15.2. The minimum Gasteiger partial charge on any atom is -0.378 e. The molecule has 2 amide bonds. The lowest BCUT2D eigenvalue weighted by Gasteiger charge is -2.33. The first-order valence-corrected chi connectivity index (χ1v) is 8.59. The van der Waals surface area contributed by atoms with Gasteiger partial charge < -0.3 is 15.4 Å². The Labute approximate surface area is 141 Å². The predicted octanol–water partition coefficient (Wildman–Crippen LogP) is 2.95. The van der Waals surface area contributed by atoms with Crippen molar-refractivity contribution in [1.29, 1.82) is 0 Å². The number of hydrogen-bond acceptors (Lipinski definition) is 3. The van der Waals surface area contributed by atoms with Gasteiger partial charge in [-0.1, -0.05) is 0 Å². The first-order valence-electron chi connectivity index (χ1n) is 8.59. The van der Waals surface area contributed by atoms with Gasteiger partial charge >= 0.3 is 6.03 Å². The van der Waals surface area contributed by atoms with Crippen molar-refractivity contribution in [1.82, 2.24) is 15.1 Å². The fraction of sp³-hybridized carbons (Fsp3) is 0.444. The Morgan fingerprint density at radius 3 is 2.88 bits per heavy atom. The van der Waals surface area contributed by atoms with Crippen LogP contribution in [0.25, 0.3) is 5.69 Å². The Balaban J connectivity index is 1.36. The highest BCUT2D eigenvalue weighted by molar-refractivity contribution is 5.89. The lowest BCUT2D eigenvalue weighted by Crippen LogP contribution is -2.47. The number of urea groups is 1. The minimum atomic E-state index is -0.139. The SMILES string of the molecule is O=C(Nc1ccc(-n2cccn2)cc1)N[C@@H]1CCC[C@@H]2OCC[C@H]21. The lowest BCUT2D eigenvalue weighted by molar-refractivity contribution is 0.0553. The van der Waals surface area contributed by atoms with Crippen LogP contribution in [-0.4, -0.2) is 34.6 Å². The molecule has 6 nitrogen and oxygen atoms in total. The third-order valence-electron chi connectivity index (χ3n) is 4.99. The van der Waals surface area contributed by atoms with Gasteiger partial charge in [-0.25, -0.2) is 9.48 Å². The molecule has 1 aromatic carbocycles. The van der Waals surface area contributed by atoms with E-state index in [1.807, 2.05) is 36.5 Å². The van der Waals surface area contributed by atoms with Crippen LogP contribution in [0.4, 0.5) is 10.5 Å². The maximum atomic E-state index is 12.3. The summed E-state index contributed by atoms with van der Waals surface area (Å²) in [5, 5.41) is 10.2. The number of benzene rings is 1. The molecule has 3 atom stereocenters. The third kappa shape index (κ3) is 3.14. The monoisotopic (exact) mass is 326 g/mol. The summed E-state index contributed by atoms with van der Waals surface area (Å²) >= 11 is 0. The van der Waals surface area contributed by atoms with E-state index in [4.69, 9.17) is 4.74 Å². The zero-order valence-electron chi connectivity index (χ0n) is 13.5. The van der Waals surface area contributed by atoms with Gasteiger partial charge in [-0.05, 0) is 56.0 Å². The Kier molecular flexibility index (Phi) is 4.21. The minimum absolute atomic E-state index is 0.139. The van der Waals surface area contributed by atoms with Crippen LogP contribution in [0.1, 0.15) is 25.7 Å². The van der Waals surface area contributed by atoms with Crippen molar-refractivity contribution in [2.75, 3.05) is 11.9 Å². The molecular weight excluding hydrogens is 304 g/mol. The van der Waals surface area contributed by atoms with Gasteiger partial charge in [0.1, 0.15) is 0 Å². The van der Waals surface area contributed by atoms with Crippen molar-refractivity contribution in [3.8, 4) is 5.69 Å². The van der Waals surface area contributed by atoms with Crippen LogP contribution in [0.5, 0.6) is 0 Å². The molecule has 2 aromatic rings. The van der Waals surface area contributed by atoms with Crippen molar-refractivity contribution < 1.29 is 9.53 Å². The van der Waals surface area contributed by atoms with Crippen molar-refractivity contribution in [2.24, 2.45) is 5.92 Å². The van der Waals surface area contributed by atoms with Crippen LogP contribution in [0, 0.1) is 5.92 Å². The smallest absolute Gasteiger partial charge is 0.319 e. The number of carbonyl (C=O) groups excluding carboxylic acids is 1. The molecule has 0 bridgehead atoms. The summed E-state index contributed by atoms with van der Waals surface area (Å²) < 4.78 is 7.54. The van der Waals surface area contributed by atoms with Crippen LogP contribution < -0.4 is 10.6 Å². The Bertz CT molecular complexity index is 684. The molecule has 0 unspecified atom stereocenters. The molecule has 126 valence electrons. The molecule has 2 N–H and O–H groups in total. The van der Waals surface area contributed by atoms with Crippen LogP contribution in [-0.2, 0) is 4.74 Å². The molecule has 0 spiro atoms. The van der Waals surface area contributed by atoms with Crippen LogP contribution >= 0.6 is 0 Å². The zero-order chi connectivity index (χ0) is 16.4. The predicted molar refractivity (Wildman–Crippen MR) is 91.2 cm³/mol. The number of amides is 2. The van der Waals surface area contributed by atoms with Crippen LogP contribution in [0.2, 0.25) is 0 Å². The molecule has 1 aliphatic heterocycles. The van der Waals surface area contributed by atoms with Gasteiger partial charge in [0.05, 0.1) is 11.8 Å². The second kappa shape index (κ2) is 6.65. The molecule has 1 aromatic heterocycles. The van der Waals surface area contributed by atoms with Gasteiger partial charge in [0.15, 0.2) is 0 Å². The third-order valence-corrected chi connectivity index (χ3v) is 4.99. The molecule has 2 heterocycles. The summed E-state index contributed by atoms with van der Waals surface area (Å²) in [5.41, 5.74) is 1.74. The van der Waals surface area contributed by atoms with Gasteiger partial charge in [0.2, 0.25) is 0 Å². The fourth-order valence-corrected chi connectivity index (χ4v) is 3.81. The molecule has 24 heavy (non-hydrogen) atoms. The van der Waals surface area contributed by atoms with Crippen molar-refractivity contribution in [3.05, 3.63) is 42.7 Å². The van der Waals surface area contributed by atoms with E-state index in [0.29, 0.717) is 12.0 Å². The average molecular weight is 326 g/mol. The van der Waals surface area contributed by atoms with E-state index < -0.39 is 0 Å². The van der Waals surface area contributed by atoms with Gasteiger partial charge in [0, 0.05) is 36.6 Å². The molecule has 2 aliphatic rings. The standard InChI is InChI=1S/C18H22N4O2/c23-18(21-16-3-1-4-17-15(16)9-12-24-17)20-13-5-7-14(8-6-13)22-11-2-10-19-22/h2,5-8,10-11,15-17H,1,3-4,9,12H2,(H2,20,21,23)/t15-,16+,17-/m0/s1. The van der Waals surface area contributed by atoms with E-state index in [1.165, 1.54) is 0 Å². The Morgan fingerprint density at radius 1 is 1.21 bits per heavy atom. The second-order valence-electron chi connectivity index (χ2n) is 6.50. The van der Waals surface area contributed by atoms with E-state index in [2.05, 4.69) is 15.7 Å². The number of nitrogens with one attached hydrogen (secondary N) is 2. The number of rotatable bonds is 3. The summed E-state index contributed by atoms with van der Waals surface area (Å²) in [5.74, 6) is 0.465. The lowest BCUT2D eigenvalue weighted by atomic mass is 9.82. The Hall–Kier alpha value is -2.34. The number of hydrogen-bond donors (Lipinski definition) is 2. The van der Waals surface area contributed by atoms with Crippen molar-refractivity contribution in [3.63, 3.8) is 0 Å². The number of aromatic nitrogens is 2. The van der Waals surface area contributed by atoms with Crippen LogP contribution in [0.3, 0.4) is 0 Å². The molecular formula is C18H22N4O2. The van der Waals surface area contributed by atoms with Crippen molar-refractivity contribution in [2.45, 2.75) is 37.8 Å². The Morgan fingerprint density at radius 2 is 2.08 bits per heavy atom. The van der Waals surface area contributed by atoms with E-state index in [9.17, 15) is 4.79 Å². The number of carbonyl (C=O) groups is 1. The van der Waals surface area contributed by atoms with E-state index >= 15 is 0 Å². The normalized spacial score (nSPS) is 25.9. The molecule has 0 radical (unpaired) electrons. The van der Waals surface area contributed by atoms with Gasteiger partial charge in [-0.2, -0.15) is 5.10 Å². The maximum Gasteiger partial charge on any atom is 0.319 e. The number of nitrogens with zero attached hydrogens (tertiary/aromatic N) is 2. The molecule has 6 heteroatoms. The summed E-state index contributed by atoms with van der Waals surface area (Å²) in [6, 6.07) is 9.60. The molecule has 1 aliphatic carbocycles. The number of anilines is 1. The van der Waals surface area contributed by atoms with E-state index in [-0.39, 0.29) is 12.1 Å². The highest BCUT2D eigenvalue weighted by Gasteiger charge is 2.38. The highest BCUT2D eigenvalue weighted by atomic mass is 16.5. The summed E-state index contributed by atoms with van der Waals surface area (Å²) in [4.78, 5) is 12.3. The maximum absolute atomic E-state index is 12.3. The van der Waals surface area contributed by atoms with Crippen LogP contribution in [0.15, 0.2) is 42.7 Å². The van der Waals surface area contributed by atoms with Crippen molar-refractivity contribution >= 4 is 11.7 Å². The van der Waals surface area contributed by atoms with E-state index in [1.54, 1.807) is 10.9 Å². The largest absolute Gasteiger partial charge is 0.378 e. The number of fused-ring (bicyclic) bond motifs is 1. The topological polar surface area (TPSA) is 68.2 Å². The molecule has 4 rings (SSSR count). The van der Waals surface area contributed by atoms with Gasteiger partial charge in [0.25, 0.3) is 0 Å². The number of ether oxygens (including phenoxy) is 1. The molecule has 1 saturated heterocycles.